The Hall–Kier alpha value is -1.07. The number of hydrogen-bond acceptors (Lipinski definition) is 2. The molecule has 0 aliphatic rings. The Labute approximate surface area is 67.2 Å². The number of rotatable bonds is 1. The number of hydrogen-bond donors (Lipinski definition) is 0. The van der Waals surface area contributed by atoms with Gasteiger partial charge in [-0.05, 0) is 6.92 Å². The van der Waals surface area contributed by atoms with Gasteiger partial charge in [-0.25, -0.2) is 0 Å². The van der Waals surface area contributed by atoms with Crippen molar-refractivity contribution in [3.8, 4) is 0 Å². The van der Waals surface area contributed by atoms with E-state index in [0.29, 0.717) is 5.82 Å². The van der Waals surface area contributed by atoms with Crippen LogP contribution in [0.1, 0.15) is 11.6 Å². The fourth-order valence-corrected chi connectivity index (χ4v) is 0.784. The summed E-state index contributed by atoms with van der Waals surface area (Å²) in [5.74, 6) is 0.425. The third-order valence-corrected chi connectivity index (χ3v) is 1.54. The maximum atomic E-state index is 11.8. The van der Waals surface area contributed by atoms with Crippen LogP contribution in [-0.2, 0) is 13.5 Å². The molecule has 0 amide bonds. The quantitative estimate of drug-likeness (QED) is 0.649. The summed E-state index contributed by atoms with van der Waals surface area (Å²) in [7, 11) is 1.51. The highest BCUT2D eigenvalue weighted by atomic mass is 19.4. The van der Waals surface area contributed by atoms with E-state index < -0.39 is 12.6 Å². The molecule has 0 saturated heterocycles. The maximum absolute atomic E-state index is 11.8. The highest BCUT2D eigenvalue weighted by Gasteiger charge is 2.30. The van der Waals surface area contributed by atoms with Crippen LogP contribution in [0, 0.1) is 6.92 Å². The Morgan fingerprint density at radius 2 is 1.92 bits per heavy atom. The van der Waals surface area contributed by atoms with Crippen LogP contribution in [0.3, 0.4) is 0 Å². The lowest BCUT2D eigenvalue weighted by Gasteiger charge is -2.04. The van der Waals surface area contributed by atoms with E-state index in [-0.39, 0.29) is 5.82 Å². The average Bonchev–Trinajstić information content (AvgIpc) is 2.16. The third kappa shape index (κ3) is 1.96. The molecule has 0 aromatic carbocycles. The molecular weight excluding hydrogens is 171 g/mol. The van der Waals surface area contributed by atoms with Gasteiger partial charge >= 0.3 is 6.18 Å². The predicted molar refractivity (Wildman–Crippen MR) is 35.5 cm³/mol. The van der Waals surface area contributed by atoms with Crippen molar-refractivity contribution in [2.75, 3.05) is 0 Å². The van der Waals surface area contributed by atoms with Crippen LogP contribution >= 0.6 is 0 Å². The molecule has 0 spiro atoms. The number of aromatic nitrogens is 3. The molecule has 0 aliphatic heterocycles. The largest absolute Gasteiger partial charge is 0.396 e. The van der Waals surface area contributed by atoms with Crippen LogP contribution in [0.4, 0.5) is 13.2 Å². The zero-order chi connectivity index (χ0) is 9.35. The molecule has 0 saturated carbocycles. The Bertz CT molecular complexity index is 276. The topological polar surface area (TPSA) is 30.7 Å². The van der Waals surface area contributed by atoms with Gasteiger partial charge in [-0.1, -0.05) is 0 Å². The minimum atomic E-state index is -4.22. The van der Waals surface area contributed by atoms with Crippen molar-refractivity contribution in [1.82, 2.24) is 14.8 Å². The summed E-state index contributed by atoms with van der Waals surface area (Å²) in [6.07, 6.45) is -5.24. The monoisotopic (exact) mass is 179 g/mol. The zero-order valence-electron chi connectivity index (χ0n) is 6.68. The van der Waals surface area contributed by atoms with Crippen LogP contribution in [0.2, 0.25) is 0 Å². The second-order valence-electron chi connectivity index (χ2n) is 2.51. The summed E-state index contributed by atoms with van der Waals surface area (Å²) in [6, 6.07) is 0. The van der Waals surface area contributed by atoms with Crippen molar-refractivity contribution in [3.05, 3.63) is 11.6 Å². The first kappa shape index (κ1) is 9.02. The molecule has 0 aliphatic carbocycles. The van der Waals surface area contributed by atoms with E-state index in [9.17, 15) is 13.2 Å². The summed E-state index contributed by atoms with van der Waals surface area (Å²) >= 11 is 0. The smallest absolute Gasteiger partial charge is 0.318 e. The predicted octanol–water partition coefficient (Wildman–Crippen LogP) is 1.23. The van der Waals surface area contributed by atoms with Gasteiger partial charge in [0.15, 0.2) is 0 Å². The van der Waals surface area contributed by atoms with Crippen molar-refractivity contribution in [2.45, 2.75) is 19.5 Å². The Kier molecular flexibility index (Phi) is 2.08. The molecule has 0 N–H and O–H groups in total. The highest BCUT2D eigenvalue weighted by molar-refractivity contribution is 4.94. The summed E-state index contributed by atoms with van der Waals surface area (Å²) in [4.78, 5) is 0. The second kappa shape index (κ2) is 2.76. The lowest BCUT2D eigenvalue weighted by molar-refractivity contribution is -0.128. The summed E-state index contributed by atoms with van der Waals surface area (Å²) in [5, 5.41) is 6.91. The van der Waals surface area contributed by atoms with Crippen LogP contribution in [0.25, 0.3) is 0 Å². The molecule has 0 fully saturated rings. The Balaban J connectivity index is 2.83. The number of nitrogens with zero attached hydrogens (tertiary/aromatic N) is 3. The van der Waals surface area contributed by atoms with E-state index in [1.165, 1.54) is 11.6 Å². The molecule has 1 aromatic heterocycles. The van der Waals surface area contributed by atoms with Crippen molar-refractivity contribution in [1.29, 1.82) is 0 Å². The van der Waals surface area contributed by atoms with Crippen LogP contribution in [0.5, 0.6) is 0 Å². The molecule has 0 bridgehead atoms. The molecule has 1 rings (SSSR count). The molecule has 1 aromatic rings. The second-order valence-corrected chi connectivity index (χ2v) is 2.51. The fourth-order valence-electron chi connectivity index (χ4n) is 0.784. The standard InChI is InChI=1S/C6H8F3N3/c1-4-10-11-5(12(4)2)3-6(7,8)9/h3H2,1-2H3. The van der Waals surface area contributed by atoms with E-state index in [1.807, 2.05) is 0 Å². The molecule has 68 valence electrons. The van der Waals surface area contributed by atoms with Crippen LogP contribution < -0.4 is 0 Å². The van der Waals surface area contributed by atoms with Gasteiger partial charge in [0.1, 0.15) is 18.1 Å². The normalized spacial score (nSPS) is 12.1. The Morgan fingerprint density at radius 1 is 1.33 bits per heavy atom. The molecule has 12 heavy (non-hydrogen) atoms. The molecule has 0 unspecified atom stereocenters. The van der Waals surface area contributed by atoms with Gasteiger partial charge in [-0.3, -0.25) is 0 Å². The molecule has 0 radical (unpaired) electrons. The van der Waals surface area contributed by atoms with Gasteiger partial charge in [-0.2, -0.15) is 13.2 Å². The lowest BCUT2D eigenvalue weighted by Crippen LogP contribution is -2.15. The Morgan fingerprint density at radius 3 is 2.25 bits per heavy atom. The van der Waals surface area contributed by atoms with Crippen molar-refractivity contribution < 1.29 is 13.2 Å². The summed E-state index contributed by atoms with van der Waals surface area (Å²) in [5.41, 5.74) is 0. The lowest BCUT2D eigenvalue weighted by atomic mass is 10.4. The molecule has 6 heteroatoms. The van der Waals surface area contributed by atoms with Crippen molar-refractivity contribution in [2.24, 2.45) is 7.05 Å². The van der Waals surface area contributed by atoms with Crippen molar-refractivity contribution >= 4 is 0 Å². The minimum absolute atomic E-state index is 0.0556. The van der Waals surface area contributed by atoms with Gasteiger partial charge in [0.2, 0.25) is 0 Å². The zero-order valence-corrected chi connectivity index (χ0v) is 6.68. The van der Waals surface area contributed by atoms with Gasteiger partial charge in [0.05, 0.1) is 0 Å². The molecule has 1 heterocycles. The van der Waals surface area contributed by atoms with Gasteiger partial charge in [0, 0.05) is 7.05 Å². The molecule has 3 nitrogen and oxygen atoms in total. The fraction of sp³-hybridized carbons (Fsp3) is 0.667. The average molecular weight is 179 g/mol. The van der Waals surface area contributed by atoms with E-state index in [4.69, 9.17) is 0 Å². The van der Waals surface area contributed by atoms with Crippen molar-refractivity contribution in [3.63, 3.8) is 0 Å². The first-order valence-electron chi connectivity index (χ1n) is 3.32. The van der Waals surface area contributed by atoms with E-state index >= 15 is 0 Å². The molecule has 0 atom stereocenters. The van der Waals surface area contributed by atoms with Crippen LogP contribution in [-0.4, -0.2) is 20.9 Å². The number of halogens is 3. The van der Waals surface area contributed by atoms with Gasteiger partial charge in [-0.15, -0.1) is 10.2 Å². The molecular formula is C6H8F3N3. The number of alkyl halides is 3. The summed E-state index contributed by atoms with van der Waals surface area (Å²) < 4.78 is 36.9. The first-order chi connectivity index (χ1) is 5.40. The summed E-state index contributed by atoms with van der Waals surface area (Å²) in [6.45, 7) is 1.60. The van der Waals surface area contributed by atoms with Gasteiger partial charge in [0.25, 0.3) is 0 Å². The first-order valence-corrected chi connectivity index (χ1v) is 3.32. The number of aryl methyl sites for hydroxylation is 1. The minimum Gasteiger partial charge on any atom is -0.318 e. The van der Waals surface area contributed by atoms with E-state index in [1.54, 1.807) is 6.92 Å². The van der Waals surface area contributed by atoms with E-state index in [2.05, 4.69) is 10.2 Å². The highest BCUT2D eigenvalue weighted by Crippen LogP contribution is 2.19. The van der Waals surface area contributed by atoms with Gasteiger partial charge < -0.3 is 4.57 Å². The van der Waals surface area contributed by atoms with E-state index in [0.717, 1.165) is 0 Å². The SMILES string of the molecule is Cc1nnc(CC(F)(F)F)n1C. The maximum Gasteiger partial charge on any atom is 0.396 e. The third-order valence-electron chi connectivity index (χ3n) is 1.54. The van der Waals surface area contributed by atoms with Crippen LogP contribution in [0.15, 0.2) is 0 Å².